The van der Waals surface area contributed by atoms with Crippen LogP contribution in [0.3, 0.4) is 0 Å². The van der Waals surface area contributed by atoms with Crippen LogP contribution < -0.4 is 0 Å². The molecule has 1 aliphatic rings. The minimum Gasteiger partial charge on any atom is -0.299 e. The zero-order valence-electron chi connectivity index (χ0n) is 12.0. The number of carbonyl (C=O) groups excluding carboxylic acids is 2. The van der Waals surface area contributed by atoms with Crippen molar-refractivity contribution >= 4 is 11.6 Å². The smallest absolute Gasteiger partial charge is 0.150 e. The third-order valence-corrected chi connectivity index (χ3v) is 3.90. The second-order valence-corrected chi connectivity index (χ2v) is 6.19. The maximum Gasteiger partial charge on any atom is 0.150 e. The quantitative estimate of drug-likeness (QED) is 0.732. The van der Waals surface area contributed by atoms with Gasteiger partial charge in [-0.15, -0.1) is 0 Å². The molecule has 0 heterocycles. The Balaban J connectivity index is 2.03. The molecule has 0 aromatic heterocycles. The second kappa shape index (κ2) is 5.28. The highest BCUT2D eigenvalue weighted by Gasteiger charge is 2.54. The van der Waals surface area contributed by atoms with Gasteiger partial charge in [0.2, 0.25) is 0 Å². The van der Waals surface area contributed by atoms with E-state index in [0.29, 0.717) is 18.8 Å². The van der Waals surface area contributed by atoms with Gasteiger partial charge in [-0.3, -0.25) is 9.59 Å². The van der Waals surface area contributed by atoms with E-state index in [9.17, 15) is 9.59 Å². The highest BCUT2D eigenvalue weighted by Crippen LogP contribution is 2.49. The Hall–Kier alpha value is -1.44. The number of hydrogen-bond donors (Lipinski definition) is 0. The highest BCUT2D eigenvalue weighted by molar-refractivity contribution is 6.10. The number of hydrogen-bond acceptors (Lipinski definition) is 2. The summed E-state index contributed by atoms with van der Waals surface area (Å²) >= 11 is 0. The number of benzene rings is 1. The van der Waals surface area contributed by atoms with Crippen LogP contribution in [0.25, 0.3) is 0 Å². The average Bonchev–Trinajstić information content (AvgIpc) is 3.12. The van der Waals surface area contributed by atoms with Gasteiger partial charge in [-0.2, -0.15) is 0 Å². The SMILES string of the molecule is Cc1ccc(CC(=O)C2(C(=O)CC(C)C)CC2)cc1. The van der Waals surface area contributed by atoms with Gasteiger partial charge in [0.1, 0.15) is 5.78 Å². The third kappa shape index (κ3) is 3.12. The molecule has 1 aromatic carbocycles. The van der Waals surface area contributed by atoms with Crippen molar-refractivity contribution < 1.29 is 9.59 Å². The Morgan fingerprint density at radius 2 is 1.68 bits per heavy atom. The van der Waals surface area contributed by atoms with E-state index in [1.807, 2.05) is 45.0 Å². The Kier molecular flexibility index (Phi) is 3.88. The molecule has 2 heteroatoms. The molecule has 1 aromatic rings. The first kappa shape index (κ1) is 14.0. The summed E-state index contributed by atoms with van der Waals surface area (Å²) in [5, 5.41) is 0. The Morgan fingerprint density at radius 3 is 2.16 bits per heavy atom. The van der Waals surface area contributed by atoms with E-state index in [2.05, 4.69) is 0 Å². The van der Waals surface area contributed by atoms with Crippen molar-refractivity contribution in [2.45, 2.75) is 46.5 Å². The molecule has 1 fully saturated rings. The summed E-state index contributed by atoms with van der Waals surface area (Å²) in [5.74, 6) is 0.596. The van der Waals surface area contributed by atoms with Gasteiger partial charge in [0, 0.05) is 12.8 Å². The van der Waals surface area contributed by atoms with Crippen molar-refractivity contribution in [3.63, 3.8) is 0 Å². The number of rotatable bonds is 6. The van der Waals surface area contributed by atoms with Gasteiger partial charge in [0.25, 0.3) is 0 Å². The van der Waals surface area contributed by atoms with Crippen molar-refractivity contribution in [3.05, 3.63) is 35.4 Å². The Labute approximate surface area is 115 Å². The molecule has 0 amide bonds. The van der Waals surface area contributed by atoms with Crippen molar-refractivity contribution in [1.29, 1.82) is 0 Å². The molecule has 0 saturated heterocycles. The molecule has 1 aliphatic carbocycles. The van der Waals surface area contributed by atoms with Gasteiger partial charge < -0.3 is 0 Å². The molecule has 102 valence electrons. The van der Waals surface area contributed by atoms with Crippen molar-refractivity contribution in [3.8, 4) is 0 Å². The molecular weight excluding hydrogens is 236 g/mol. The molecule has 0 N–H and O–H groups in total. The third-order valence-electron chi connectivity index (χ3n) is 3.90. The van der Waals surface area contributed by atoms with Gasteiger partial charge >= 0.3 is 0 Å². The van der Waals surface area contributed by atoms with E-state index in [4.69, 9.17) is 0 Å². The van der Waals surface area contributed by atoms with Crippen LogP contribution in [0.1, 0.15) is 44.2 Å². The van der Waals surface area contributed by atoms with E-state index in [1.54, 1.807) is 0 Å². The van der Waals surface area contributed by atoms with Crippen LogP contribution in [0.15, 0.2) is 24.3 Å². The van der Waals surface area contributed by atoms with Gasteiger partial charge in [-0.1, -0.05) is 43.7 Å². The summed E-state index contributed by atoms with van der Waals surface area (Å²) in [5.41, 5.74) is 1.57. The minimum atomic E-state index is -0.630. The molecule has 0 radical (unpaired) electrons. The van der Waals surface area contributed by atoms with Crippen molar-refractivity contribution in [2.24, 2.45) is 11.3 Å². The summed E-state index contributed by atoms with van der Waals surface area (Å²) in [6, 6.07) is 7.99. The fourth-order valence-electron chi connectivity index (χ4n) is 2.46. The van der Waals surface area contributed by atoms with Gasteiger partial charge in [0.15, 0.2) is 5.78 Å². The number of aryl methyl sites for hydroxylation is 1. The first-order valence-electron chi connectivity index (χ1n) is 7.06. The molecule has 2 rings (SSSR count). The molecule has 0 atom stereocenters. The second-order valence-electron chi connectivity index (χ2n) is 6.19. The Morgan fingerprint density at radius 1 is 1.11 bits per heavy atom. The number of Topliss-reactive ketones (excluding diaryl/α,β-unsaturated/α-hetero) is 2. The summed E-state index contributed by atoms with van der Waals surface area (Å²) in [6.45, 7) is 6.08. The van der Waals surface area contributed by atoms with Gasteiger partial charge in [-0.25, -0.2) is 0 Å². The monoisotopic (exact) mass is 258 g/mol. The molecule has 1 saturated carbocycles. The van der Waals surface area contributed by atoms with Crippen LogP contribution in [-0.4, -0.2) is 11.6 Å². The summed E-state index contributed by atoms with van der Waals surface area (Å²) < 4.78 is 0. The lowest BCUT2D eigenvalue weighted by atomic mass is 9.87. The first-order valence-corrected chi connectivity index (χ1v) is 7.06. The maximum absolute atomic E-state index is 12.4. The highest BCUT2D eigenvalue weighted by atomic mass is 16.2. The molecular formula is C17H22O2. The van der Waals surface area contributed by atoms with Crippen LogP contribution in [0.2, 0.25) is 0 Å². The lowest BCUT2D eigenvalue weighted by Gasteiger charge is -2.14. The van der Waals surface area contributed by atoms with E-state index in [-0.39, 0.29) is 11.6 Å². The number of carbonyl (C=O) groups is 2. The van der Waals surface area contributed by atoms with E-state index >= 15 is 0 Å². The fraction of sp³-hybridized carbons (Fsp3) is 0.529. The Bertz CT molecular complexity index is 478. The first-order chi connectivity index (χ1) is 8.94. The zero-order chi connectivity index (χ0) is 14.0. The topological polar surface area (TPSA) is 34.1 Å². The normalized spacial score (nSPS) is 16.4. The summed E-state index contributed by atoms with van der Waals surface area (Å²) in [4.78, 5) is 24.6. The maximum atomic E-state index is 12.4. The van der Waals surface area contributed by atoms with Crippen LogP contribution >= 0.6 is 0 Å². The molecule has 2 nitrogen and oxygen atoms in total. The van der Waals surface area contributed by atoms with E-state index in [0.717, 1.165) is 18.4 Å². The van der Waals surface area contributed by atoms with Crippen LogP contribution in [0.5, 0.6) is 0 Å². The molecule has 0 bridgehead atoms. The molecule has 0 spiro atoms. The van der Waals surface area contributed by atoms with Crippen molar-refractivity contribution in [2.75, 3.05) is 0 Å². The lowest BCUT2D eigenvalue weighted by molar-refractivity contribution is -0.134. The van der Waals surface area contributed by atoms with Crippen LogP contribution in [0.4, 0.5) is 0 Å². The predicted octanol–water partition coefficient (Wildman–Crippen LogP) is 3.50. The van der Waals surface area contributed by atoms with Crippen LogP contribution in [-0.2, 0) is 16.0 Å². The standard InChI is InChI=1S/C17H22O2/c1-12(2)10-15(18)17(8-9-17)16(19)11-14-6-4-13(3)5-7-14/h4-7,12H,8-11H2,1-3H3. The molecule has 0 unspecified atom stereocenters. The van der Waals surface area contributed by atoms with Crippen LogP contribution in [0, 0.1) is 18.3 Å². The summed E-state index contributed by atoms with van der Waals surface area (Å²) in [6.07, 6.45) is 2.43. The van der Waals surface area contributed by atoms with Gasteiger partial charge in [0.05, 0.1) is 5.41 Å². The fourth-order valence-corrected chi connectivity index (χ4v) is 2.46. The molecule has 0 aliphatic heterocycles. The van der Waals surface area contributed by atoms with Crippen molar-refractivity contribution in [1.82, 2.24) is 0 Å². The zero-order valence-corrected chi connectivity index (χ0v) is 12.0. The number of ketones is 2. The predicted molar refractivity (Wildman–Crippen MR) is 76.0 cm³/mol. The van der Waals surface area contributed by atoms with E-state index < -0.39 is 5.41 Å². The molecule has 19 heavy (non-hydrogen) atoms. The largest absolute Gasteiger partial charge is 0.299 e. The van der Waals surface area contributed by atoms with E-state index in [1.165, 1.54) is 5.56 Å². The minimum absolute atomic E-state index is 0.113. The van der Waals surface area contributed by atoms with Gasteiger partial charge in [-0.05, 0) is 31.2 Å². The summed E-state index contributed by atoms with van der Waals surface area (Å²) in [7, 11) is 0. The lowest BCUT2D eigenvalue weighted by Crippen LogP contribution is -2.28. The average molecular weight is 258 g/mol.